The maximum absolute atomic E-state index is 13.3. The van der Waals surface area contributed by atoms with Crippen LogP contribution in [0.15, 0.2) is 54.2 Å². The summed E-state index contributed by atoms with van der Waals surface area (Å²) in [5, 5.41) is 0. The number of nitrogens with zero attached hydrogens (tertiary/aromatic N) is 2. The lowest BCUT2D eigenvalue weighted by Gasteiger charge is -2.22. The van der Waals surface area contributed by atoms with Gasteiger partial charge in [-0.25, -0.2) is 0 Å². The number of carbonyl (C=O) groups excluding carboxylic acids is 2. The third-order valence-corrected chi connectivity index (χ3v) is 4.82. The van der Waals surface area contributed by atoms with Crippen molar-refractivity contribution in [1.29, 1.82) is 0 Å². The molecular weight excluding hydrogens is 336 g/mol. The van der Waals surface area contributed by atoms with Crippen molar-refractivity contribution in [2.75, 3.05) is 18.5 Å². The third-order valence-electron chi connectivity index (χ3n) is 4.82. The molecule has 1 aliphatic rings. The molecule has 1 heterocycles. The Balaban J connectivity index is 2.18. The summed E-state index contributed by atoms with van der Waals surface area (Å²) in [6.07, 6.45) is 0. The summed E-state index contributed by atoms with van der Waals surface area (Å²) in [6.45, 7) is 8.44. The molecule has 2 aromatic carbocycles. The molecule has 27 heavy (non-hydrogen) atoms. The van der Waals surface area contributed by atoms with Gasteiger partial charge in [-0.3, -0.25) is 14.5 Å². The van der Waals surface area contributed by atoms with E-state index in [1.165, 1.54) is 4.90 Å². The molecule has 0 atom stereocenters. The van der Waals surface area contributed by atoms with Gasteiger partial charge >= 0.3 is 0 Å². The molecule has 0 radical (unpaired) electrons. The SMILES string of the molecule is Cc1ccc(C2=C(N(C)c3ccccc3)C(=O)N(CC(C)C)C2=O)c(C)c1. The maximum Gasteiger partial charge on any atom is 0.278 e. The molecule has 0 saturated heterocycles. The number of hydrogen-bond donors (Lipinski definition) is 0. The van der Waals surface area contributed by atoms with Crippen LogP contribution in [-0.4, -0.2) is 30.3 Å². The minimum absolute atomic E-state index is 0.208. The Labute approximate surface area is 161 Å². The van der Waals surface area contributed by atoms with Gasteiger partial charge in [0.1, 0.15) is 5.70 Å². The Hall–Kier alpha value is -2.88. The van der Waals surface area contributed by atoms with Crippen LogP contribution in [0.5, 0.6) is 0 Å². The fourth-order valence-electron chi connectivity index (χ4n) is 3.52. The zero-order valence-corrected chi connectivity index (χ0v) is 16.6. The summed E-state index contributed by atoms with van der Waals surface area (Å²) >= 11 is 0. The lowest BCUT2D eigenvalue weighted by molar-refractivity contribution is -0.137. The minimum atomic E-state index is -0.227. The van der Waals surface area contributed by atoms with Crippen molar-refractivity contribution < 1.29 is 9.59 Å². The van der Waals surface area contributed by atoms with Gasteiger partial charge in [-0.15, -0.1) is 0 Å². The van der Waals surface area contributed by atoms with E-state index in [2.05, 4.69) is 0 Å². The Morgan fingerprint density at radius 1 is 0.963 bits per heavy atom. The first-order valence-electron chi connectivity index (χ1n) is 9.28. The quantitative estimate of drug-likeness (QED) is 0.750. The normalized spacial score (nSPS) is 14.5. The molecule has 0 unspecified atom stereocenters. The van der Waals surface area contributed by atoms with E-state index in [4.69, 9.17) is 0 Å². The smallest absolute Gasteiger partial charge is 0.278 e. The van der Waals surface area contributed by atoms with Crippen molar-refractivity contribution in [2.24, 2.45) is 5.92 Å². The number of imide groups is 1. The number of likely N-dealkylation sites (N-methyl/N-ethyl adjacent to an activating group) is 1. The van der Waals surface area contributed by atoms with E-state index in [-0.39, 0.29) is 17.7 Å². The van der Waals surface area contributed by atoms with Crippen molar-refractivity contribution in [3.8, 4) is 0 Å². The Morgan fingerprint density at radius 2 is 1.63 bits per heavy atom. The second-order valence-corrected chi connectivity index (χ2v) is 7.55. The van der Waals surface area contributed by atoms with Crippen LogP contribution >= 0.6 is 0 Å². The number of benzene rings is 2. The minimum Gasteiger partial charge on any atom is -0.339 e. The summed E-state index contributed by atoms with van der Waals surface area (Å²) in [5.74, 6) is -0.229. The van der Waals surface area contributed by atoms with Gasteiger partial charge in [0.25, 0.3) is 11.8 Å². The Kier molecular flexibility index (Phi) is 5.17. The molecule has 4 nitrogen and oxygen atoms in total. The maximum atomic E-state index is 13.3. The van der Waals surface area contributed by atoms with Crippen LogP contribution in [0.2, 0.25) is 0 Å². The largest absolute Gasteiger partial charge is 0.339 e. The molecule has 2 amide bonds. The number of para-hydroxylation sites is 1. The Morgan fingerprint density at radius 3 is 2.22 bits per heavy atom. The van der Waals surface area contributed by atoms with Crippen LogP contribution in [0.3, 0.4) is 0 Å². The fourth-order valence-corrected chi connectivity index (χ4v) is 3.52. The van der Waals surface area contributed by atoms with Gasteiger partial charge in [-0.2, -0.15) is 0 Å². The van der Waals surface area contributed by atoms with Crippen LogP contribution in [0, 0.1) is 19.8 Å². The lowest BCUT2D eigenvalue weighted by atomic mass is 9.97. The second kappa shape index (κ2) is 7.39. The lowest BCUT2D eigenvalue weighted by Crippen LogP contribution is -2.36. The predicted molar refractivity (Wildman–Crippen MR) is 109 cm³/mol. The average Bonchev–Trinajstić information content (AvgIpc) is 2.86. The molecule has 4 heteroatoms. The molecule has 0 N–H and O–H groups in total. The summed E-state index contributed by atoms with van der Waals surface area (Å²) in [7, 11) is 1.85. The molecule has 0 bridgehead atoms. The van der Waals surface area contributed by atoms with Crippen LogP contribution < -0.4 is 4.90 Å². The van der Waals surface area contributed by atoms with Crippen molar-refractivity contribution >= 4 is 23.1 Å². The zero-order chi connectivity index (χ0) is 19.7. The third kappa shape index (κ3) is 3.52. The topological polar surface area (TPSA) is 40.6 Å². The van der Waals surface area contributed by atoms with E-state index in [9.17, 15) is 9.59 Å². The van der Waals surface area contributed by atoms with Gasteiger partial charge in [-0.05, 0) is 43.0 Å². The van der Waals surface area contributed by atoms with Crippen molar-refractivity contribution in [3.05, 3.63) is 70.9 Å². The summed E-state index contributed by atoms with van der Waals surface area (Å²) < 4.78 is 0. The van der Waals surface area contributed by atoms with E-state index < -0.39 is 0 Å². The summed E-state index contributed by atoms with van der Waals surface area (Å²) in [4.78, 5) is 29.7. The molecule has 0 saturated carbocycles. The van der Waals surface area contributed by atoms with Gasteiger partial charge in [0.05, 0.1) is 5.57 Å². The van der Waals surface area contributed by atoms with E-state index in [1.54, 1.807) is 0 Å². The monoisotopic (exact) mass is 362 g/mol. The second-order valence-electron chi connectivity index (χ2n) is 7.55. The molecule has 0 aromatic heterocycles. The highest BCUT2D eigenvalue weighted by atomic mass is 16.2. The van der Waals surface area contributed by atoms with Crippen molar-refractivity contribution in [1.82, 2.24) is 4.90 Å². The van der Waals surface area contributed by atoms with Crippen LogP contribution in [0.4, 0.5) is 5.69 Å². The van der Waals surface area contributed by atoms with E-state index in [0.29, 0.717) is 17.8 Å². The molecule has 0 fully saturated rings. The molecule has 1 aliphatic heterocycles. The highest BCUT2D eigenvalue weighted by molar-refractivity contribution is 6.36. The number of aryl methyl sites for hydroxylation is 2. The standard InChI is InChI=1S/C23H26N2O2/c1-15(2)14-25-22(26)20(19-12-11-16(3)13-17(19)4)21(23(25)27)24(5)18-9-7-6-8-10-18/h6-13,15H,14H2,1-5H3. The van der Waals surface area contributed by atoms with Gasteiger partial charge < -0.3 is 4.90 Å². The zero-order valence-electron chi connectivity index (χ0n) is 16.6. The number of rotatable bonds is 5. The number of hydrogen-bond acceptors (Lipinski definition) is 3. The molecule has 0 spiro atoms. The highest BCUT2D eigenvalue weighted by Gasteiger charge is 2.41. The van der Waals surface area contributed by atoms with E-state index in [0.717, 1.165) is 22.4 Å². The van der Waals surface area contributed by atoms with Gasteiger partial charge in [0.2, 0.25) is 0 Å². The first kappa shape index (κ1) is 18.9. The molecule has 3 rings (SSSR count). The van der Waals surface area contributed by atoms with Crippen LogP contribution in [0.1, 0.15) is 30.5 Å². The summed E-state index contributed by atoms with van der Waals surface area (Å²) in [6, 6.07) is 15.6. The molecule has 2 aromatic rings. The molecule has 0 aliphatic carbocycles. The first-order valence-corrected chi connectivity index (χ1v) is 9.28. The summed E-state index contributed by atoms with van der Waals surface area (Å²) in [5.41, 5.74) is 4.76. The van der Waals surface area contributed by atoms with Crippen molar-refractivity contribution in [2.45, 2.75) is 27.7 Å². The number of amides is 2. The van der Waals surface area contributed by atoms with E-state index >= 15 is 0 Å². The van der Waals surface area contributed by atoms with Crippen LogP contribution in [0.25, 0.3) is 5.57 Å². The predicted octanol–water partition coefficient (Wildman–Crippen LogP) is 4.18. The number of carbonyl (C=O) groups is 2. The highest BCUT2D eigenvalue weighted by Crippen LogP contribution is 2.35. The fraction of sp³-hybridized carbons (Fsp3) is 0.304. The molecular formula is C23H26N2O2. The van der Waals surface area contributed by atoms with Gasteiger partial charge in [-0.1, -0.05) is 55.8 Å². The Bertz CT molecular complexity index is 913. The van der Waals surface area contributed by atoms with E-state index in [1.807, 2.05) is 88.2 Å². The van der Waals surface area contributed by atoms with Gasteiger partial charge in [0, 0.05) is 19.3 Å². The number of anilines is 1. The van der Waals surface area contributed by atoms with Crippen molar-refractivity contribution in [3.63, 3.8) is 0 Å². The van der Waals surface area contributed by atoms with Crippen LogP contribution in [-0.2, 0) is 9.59 Å². The average molecular weight is 362 g/mol. The first-order chi connectivity index (χ1) is 12.8. The van der Waals surface area contributed by atoms with Gasteiger partial charge in [0.15, 0.2) is 0 Å². The molecule has 140 valence electrons.